The van der Waals surface area contributed by atoms with Gasteiger partial charge in [-0.1, -0.05) is 0 Å². The monoisotopic (exact) mass is 193 g/mol. The van der Waals surface area contributed by atoms with Crippen LogP contribution in [0.4, 0.5) is 0 Å². The third kappa shape index (κ3) is 17.9. The zero-order valence-corrected chi connectivity index (χ0v) is 4.62. The Bertz CT molecular complexity index is 15.5. The van der Waals surface area contributed by atoms with E-state index in [0.717, 1.165) is 0 Å². The fourth-order valence-electron chi connectivity index (χ4n) is 0. The molecule has 0 amide bonds. The molecule has 0 N–H and O–H groups in total. The average Bonchev–Trinajstić information content (AvgIpc) is 0.918. The average molecular weight is 193 g/mol. The molecule has 0 radical (unpaired) electrons. The quantitative estimate of drug-likeness (QED) is 0.424. The fourth-order valence-corrected chi connectivity index (χ4v) is 0. The van der Waals surface area contributed by atoms with Crippen LogP contribution in [0.3, 0.4) is 0 Å². The number of nitrogens with zero attached hydrogens (tertiary/aromatic N) is 1. The Morgan fingerprint density at radius 3 is 1.75 bits per heavy atom. The summed E-state index contributed by atoms with van der Waals surface area (Å²) in [5.74, 6) is 0. The summed E-state index contributed by atoms with van der Waals surface area (Å²) in [5, 5.41) is 0. The molecule has 0 aromatic carbocycles. The van der Waals surface area contributed by atoms with Gasteiger partial charge in [-0.05, 0) is 0 Å². The van der Waals surface area contributed by atoms with E-state index in [1.54, 1.807) is 0 Å². The molecule has 0 heterocycles. The summed E-state index contributed by atoms with van der Waals surface area (Å²) >= 11 is 1.36. The maximum atomic E-state index is 8.54. The second-order valence-corrected chi connectivity index (χ2v) is 0.463. The summed E-state index contributed by atoms with van der Waals surface area (Å²) in [5.41, 5.74) is 0. The molecule has 0 aromatic rings. The maximum absolute atomic E-state index is 8.54. The lowest BCUT2D eigenvalue weighted by Gasteiger charge is -1.21. The van der Waals surface area contributed by atoms with Crippen molar-refractivity contribution in [3.63, 3.8) is 0 Å². The maximum Gasteiger partial charge on any atom is 0.138 e. The molecular formula is HClINO. The smallest absolute Gasteiger partial charge is 0.138 e. The first-order valence-corrected chi connectivity index (χ1v) is 1.32. The summed E-state index contributed by atoms with van der Waals surface area (Å²) in [6.45, 7) is 0. The van der Waals surface area contributed by atoms with E-state index < -0.39 is 0 Å². The van der Waals surface area contributed by atoms with Crippen molar-refractivity contribution in [1.82, 2.24) is 0 Å². The standard InChI is InChI=1S/ClH.INO/c;1-2-3/h1H;. The van der Waals surface area contributed by atoms with Gasteiger partial charge >= 0.3 is 0 Å². The van der Waals surface area contributed by atoms with Crippen LogP contribution in [-0.2, 0) is 0 Å². The van der Waals surface area contributed by atoms with Gasteiger partial charge in [0.15, 0.2) is 0 Å². The Morgan fingerprint density at radius 1 is 1.75 bits per heavy atom. The lowest BCUT2D eigenvalue weighted by atomic mass is 13.8. The normalized spacial score (nSPS) is 3.25. The van der Waals surface area contributed by atoms with Crippen LogP contribution in [0.5, 0.6) is 0 Å². The largest absolute Gasteiger partial charge is 0.147 e. The first kappa shape index (κ1) is 8.82. The van der Waals surface area contributed by atoms with Crippen molar-refractivity contribution in [1.29, 1.82) is 0 Å². The summed E-state index contributed by atoms with van der Waals surface area (Å²) in [7, 11) is 0. The van der Waals surface area contributed by atoms with Crippen molar-refractivity contribution in [3.05, 3.63) is 4.91 Å². The van der Waals surface area contributed by atoms with E-state index in [2.05, 4.69) is 3.39 Å². The fraction of sp³-hybridized carbons (Fsp3) is 0. The Labute approximate surface area is 43.8 Å². The van der Waals surface area contributed by atoms with Crippen LogP contribution < -0.4 is 0 Å². The molecule has 0 aromatic heterocycles. The Hall–Kier alpha value is 0.620. The van der Waals surface area contributed by atoms with Gasteiger partial charge < -0.3 is 0 Å². The van der Waals surface area contributed by atoms with Crippen LogP contribution >= 0.6 is 35.3 Å². The van der Waals surface area contributed by atoms with E-state index in [1.807, 2.05) is 0 Å². The summed E-state index contributed by atoms with van der Waals surface area (Å²) < 4.78 is 2.22. The highest BCUT2D eigenvalue weighted by Crippen LogP contribution is 1.70. The molecule has 0 spiro atoms. The minimum absolute atomic E-state index is 0. The van der Waals surface area contributed by atoms with Gasteiger partial charge in [0.25, 0.3) is 0 Å². The minimum atomic E-state index is 0. The second-order valence-electron chi connectivity index (χ2n) is 0.0690. The topological polar surface area (TPSA) is 29.4 Å². The molecule has 0 unspecified atom stereocenters. The predicted octanol–water partition coefficient (Wildman–Crippen LogP) is 1.52. The van der Waals surface area contributed by atoms with Crippen LogP contribution in [0, 0.1) is 4.91 Å². The molecule has 0 rings (SSSR count). The van der Waals surface area contributed by atoms with E-state index in [0.29, 0.717) is 0 Å². The number of rotatable bonds is 0. The van der Waals surface area contributed by atoms with E-state index >= 15 is 0 Å². The summed E-state index contributed by atoms with van der Waals surface area (Å²) in [4.78, 5) is 8.54. The molecule has 0 bridgehead atoms. The van der Waals surface area contributed by atoms with Gasteiger partial charge in [0.1, 0.15) is 22.9 Å². The molecule has 4 heteroatoms. The third-order valence-electron chi connectivity index (χ3n) is 0. The van der Waals surface area contributed by atoms with Crippen molar-refractivity contribution in [3.8, 4) is 0 Å². The minimum Gasteiger partial charge on any atom is -0.147 e. The Morgan fingerprint density at radius 2 is 1.75 bits per heavy atom. The van der Waals surface area contributed by atoms with Crippen molar-refractivity contribution >= 4 is 35.3 Å². The number of nitroso groups, excluding NO2 is 1. The molecule has 0 saturated heterocycles. The molecule has 0 fully saturated rings. The van der Waals surface area contributed by atoms with Crippen LogP contribution in [0.2, 0.25) is 0 Å². The molecule has 4 heavy (non-hydrogen) atoms. The first-order valence-electron chi connectivity index (χ1n) is 0.352. The van der Waals surface area contributed by atoms with Crippen LogP contribution in [0.1, 0.15) is 0 Å². The lowest BCUT2D eigenvalue weighted by molar-refractivity contribution is 1.98. The van der Waals surface area contributed by atoms with Gasteiger partial charge in [0.05, 0.1) is 0 Å². The van der Waals surface area contributed by atoms with E-state index in [9.17, 15) is 0 Å². The van der Waals surface area contributed by atoms with Crippen LogP contribution in [0.25, 0.3) is 0 Å². The Kier molecular flexibility index (Phi) is 20.9. The van der Waals surface area contributed by atoms with Crippen molar-refractivity contribution in [2.24, 2.45) is 3.39 Å². The van der Waals surface area contributed by atoms with E-state index in [1.165, 1.54) is 22.9 Å². The summed E-state index contributed by atoms with van der Waals surface area (Å²) in [6, 6.07) is 0. The molecule has 0 aliphatic heterocycles. The number of hydrogen-bond acceptors (Lipinski definition) is 2. The van der Waals surface area contributed by atoms with Crippen LogP contribution in [-0.4, -0.2) is 0 Å². The Balaban J connectivity index is 0. The molecule has 26 valence electrons. The van der Waals surface area contributed by atoms with Crippen molar-refractivity contribution < 1.29 is 0 Å². The van der Waals surface area contributed by atoms with Gasteiger partial charge in [-0.2, -0.15) is 0 Å². The molecule has 0 atom stereocenters. The SMILES string of the molecule is Cl.O=NI. The molecule has 0 saturated carbocycles. The van der Waals surface area contributed by atoms with Gasteiger partial charge in [0, 0.05) is 3.39 Å². The van der Waals surface area contributed by atoms with Gasteiger partial charge in [0.2, 0.25) is 0 Å². The molecule has 2 nitrogen and oxygen atoms in total. The van der Waals surface area contributed by atoms with Crippen molar-refractivity contribution in [2.75, 3.05) is 0 Å². The van der Waals surface area contributed by atoms with Crippen molar-refractivity contribution in [2.45, 2.75) is 0 Å². The summed E-state index contributed by atoms with van der Waals surface area (Å²) in [6.07, 6.45) is 0. The van der Waals surface area contributed by atoms with E-state index in [4.69, 9.17) is 4.91 Å². The highest BCUT2D eigenvalue weighted by Gasteiger charge is 1.26. The number of halogens is 2. The highest BCUT2D eigenvalue weighted by atomic mass is 127. The zero-order chi connectivity index (χ0) is 2.71. The highest BCUT2D eigenvalue weighted by molar-refractivity contribution is 14.1. The second kappa shape index (κ2) is 9.47. The molecular weight excluding hydrogens is 192 g/mol. The van der Waals surface area contributed by atoms with E-state index in [-0.39, 0.29) is 12.4 Å². The molecule has 0 aliphatic carbocycles. The lowest BCUT2D eigenvalue weighted by Crippen LogP contribution is -0.906. The predicted molar refractivity (Wildman–Crippen MR) is 27.1 cm³/mol. The third-order valence-corrected chi connectivity index (χ3v) is 0. The van der Waals surface area contributed by atoms with Gasteiger partial charge in [-0.15, -0.1) is 17.3 Å². The number of hydrogen-bond donors (Lipinski definition) is 0. The first-order chi connectivity index (χ1) is 1.41. The van der Waals surface area contributed by atoms with Crippen LogP contribution in [0.15, 0.2) is 3.39 Å². The molecule has 0 aliphatic rings. The van der Waals surface area contributed by atoms with Gasteiger partial charge in [-0.25, -0.2) is 0 Å². The zero-order valence-electron chi connectivity index (χ0n) is 1.64. The van der Waals surface area contributed by atoms with Gasteiger partial charge in [-0.3, -0.25) is 0 Å².